The third-order valence-corrected chi connectivity index (χ3v) is 6.86. The van der Waals surface area contributed by atoms with E-state index in [4.69, 9.17) is 9.47 Å². The fraction of sp³-hybridized carbons (Fsp3) is 0.333. The van der Waals surface area contributed by atoms with Crippen LogP contribution in [0.1, 0.15) is 31.8 Å². The second-order valence-corrected chi connectivity index (χ2v) is 8.73. The molecular weight excluding hydrogens is 394 g/mol. The second kappa shape index (κ2) is 8.86. The van der Waals surface area contributed by atoms with Gasteiger partial charge in [0.05, 0.1) is 23.7 Å². The van der Waals surface area contributed by atoms with Gasteiger partial charge in [-0.2, -0.15) is 4.31 Å². The maximum absolute atomic E-state index is 12.6. The molecule has 154 valence electrons. The van der Waals surface area contributed by atoms with Crippen LogP contribution in [-0.2, 0) is 19.5 Å². The SMILES string of the molecule is Cc1cccc(C(=O)OCC(=O)c2ccc(S(=O)(=O)N3CCOCC3)cc2)c1C. The van der Waals surface area contributed by atoms with Crippen molar-refractivity contribution in [3.8, 4) is 0 Å². The van der Waals surface area contributed by atoms with E-state index in [1.165, 1.54) is 28.6 Å². The molecule has 29 heavy (non-hydrogen) atoms. The number of hydrogen-bond acceptors (Lipinski definition) is 6. The maximum atomic E-state index is 12.6. The molecule has 0 unspecified atom stereocenters. The average Bonchev–Trinajstić information content (AvgIpc) is 2.74. The van der Waals surface area contributed by atoms with Crippen LogP contribution in [0.25, 0.3) is 0 Å². The number of ether oxygens (including phenoxy) is 2. The third-order valence-electron chi connectivity index (χ3n) is 4.94. The van der Waals surface area contributed by atoms with Gasteiger partial charge in [-0.25, -0.2) is 13.2 Å². The van der Waals surface area contributed by atoms with Gasteiger partial charge < -0.3 is 9.47 Å². The van der Waals surface area contributed by atoms with Crippen LogP contribution in [0.15, 0.2) is 47.4 Å². The number of nitrogens with zero attached hydrogens (tertiary/aromatic N) is 1. The molecule has 1 saturated heterocycles. The van der Waals surface area contributed by atoms with Crippen molar-refractivity contribution in [3.63, 3.8) is 0 Å². The summed E-state index contributed by atoms with van der Waals surface area (Å²) >= 11 is 0. The molecule has 1 heterocycles. The van der Waals surface area contributed by atoms with Crippen LogP contribution in [0.3, 0.4) is 0 Å². The number of carbonyl (C=O) groups excluding carboxylic acids is 2. The third kappa shape index (κ3) is 4.72. The summed E-state index contributed by atoms with van der Waals surface area (Å²) in [6.45, 7) is 4.63. The van der Waals surface area contributed by atoms with Gasteiger partial charge in [-0.05, 0) is 55.3 Å². The molecule has 2 aromatic carbocycles. The van der Waals surface area contributed by atoms with Crippen LogP contribution in [-0.4, -0.2) is 57.4 Å². The smallest absolute Gasteiger partial charge is 0.338 e. The molecule has 1 fully saturated rings. The molecule has 0 N–H and O–H groups in total. The molecule has 0 amide bonds. The van der Waals surface area contributed by atoms with Gasteiger partial charge in [0.25, 0.3) is 0 Å². The van der Waals surface area contributed by atoms with Crippen LogP contribution in [0.2, 0.25) is 0 Å². The number of ketones is 1. The zero-order chi connectivity index (χ0) is 21.0. The molecule has 8 heteroatoms. The topological polar surface area (TPSA) is 90.0 Å². The van der Waals surface area contributed by atoms with Gasteiger partial charge in [-0.15, -0.1) is 0 Å². The summed E-state index contributed by atoms with van der Waals surface area (Å²) in [4.78, 5) is 24.7. The summed E-state index contributed by atoms with van der Waals surface area (Å²) in [5.41, 5.74) is 2.47. The van der Waals surface area contributed by atoms with E-state index in [1.807, 2.05) is 19.9 Å². The Morgan fingerprint density at radius 3 is 2.34 bits per heavy atom. The number of hydrogen-bond donors (Lipinski definition) is 0. The van der Waals surface area contributed by atoms with Gasteiger partial charge in [-0.3, -0.25) is 4.79 Å². The molecule has 0 saturated carbocycles. The van der Waals surface area contributed by atoms with Crippen molar-refractivity contribution in [1.29, 1.82) is 0 Å². The first-order chi connectivity index (χ1) is 13.8. The molecule has 0 radical (unpaired) electrons. The zero-order valence-corrected chi connectivity index (χ0v) is 17.2. The molecule has 0 bridgehead atoms. The highest BCUT2D eigenvalue weighted by Crippen LogP contribution is 2.18. The molecule has 1 aliphatic rings. The molecule has 7 nitrogen and oxygen atoms in total. The quantitative estimate of drug-likeness (QED) is 0.529. The van der Waals surface area contributed by atoms with Crippen LogP contribution in [0.5, 0.6) is 0 Å². The van der Waals surface area contributed by atoms with Crippen molar-refractivity contribution in [3.05, 3.63) is 64.7 Å². The van der Waals surface area contributed by atoms with Crippen LogP contribution >= 0.6 is 0 Å². The number of rotatable bonds is 6. The van der Waals surface area contributed by atoms with Gasteiger partial charge in [-0.1, -0.05) is 12.1 Å². The van der Waals surface area contributed by atoms with E-state index >= 15 is 0 Å². The monoisotopic (exact) mass is 417 g/mol. The van der Waals surface area contributed by atoms with E-state index in [1.54, 1.807) is 12.1 Å². The molecule has 1 aliphatic heterocycles. The second-order valence-electron chi connectivity index (χ2n) is 6.79. The van der Waals surface area contributed by atoms with E-state index in [0.717, 1.165) is 11.1 Å². The highest BCUT2D eigenvalue weighted by atomic mass is 32.2. The van der Waals surface area contributed by atoms with Gasteiger partial charge in [0.1, 0.15) is 0 Å². The number of aryl methyl sites for hydroxylation is 1. The fourth-order valence-electron chi connectivity index (χ4n) is 3.01. The lowest BCUT2D eigenvalue weighted by molar-refractivity contribution is 0.0474. The number of morpholine rings is 1. The molecule has 0 aliphatic carbocycles. The van der Waals surface area contributed by atoms with Crippen molar-refractivity contribution >= 4 is 21.8 Å². The highest BCUT2D eigenvalue weighted by Gasteiger charge is 2.26. The van der Waals surface area contributed by atoms with Gasteiger partial charge in [0, 0.05) is 18.7 Å². The minimum Gasteiger partial charge on any atom is -0.454 e. The number of esters is 1. The van der Waals surface area contributed by atoms with E-state index in [2.05, 4.69) is 0 Å². The lowest BCUT2D eigenvalue weighted by Crippen LogP contribution is -2.40. The van der Waals surface area contributed by atoms with E-state index in [-0.39, 0.29) is 10.5 Å². The first-order valence-electron chi connectivity index (χ1n) is 9.25. The minimum atomic E-state index is -3.62. The number of Topliss-reactive ketones (excluding diaryl/α,β-unsaturated/α-hetero) is 1. The van der Waals surface area contributed by atoms with Crippen molar-refractivity contribution in [1.82, 2.24) is 4.31 Å². The van der Waals surface area contributed by atoms with E-state index < -0.39 is 28.4 Å². The molecule has 0 spiro atoms. The van der Waals surface area contributed by atoms with Gasteiger partial charge >= 0.3 is 5.97 Å². The first kappa shape index (κ1) is 21.2. The largest absolute Gasteiger partial charge is 0.454 e. The summed E-state index contributed by atoms with van der Waals surface area (Å²) in [5, 5.41) is 0. The van der Waals surface area contributed by atoms with Crippen molar-refractivity contribution in [2.75, 3.05) is 32.9 Å². The summed E-state index contributed by atoms with van der Waals surface area (Å²) in [7, 11) is -3.62. The van der Waals surface area contributed by atoms with Crippen LogP contribution < -0.4 is 0 Å². The molecule has 2 aromatic rings. The van der Waals surface area contributed by atoms with Gasteiger partial charge in [0.15, 0.2) is 12.4 Å². The molecular formula is C21H23NO6S. The normalized spacial score (nSPS) is 15.1. The summed E-state index contributed by atoms with van der Waals surface area (Å²) in [5.74, 6) is -0.968. The Morgan fingerprint density at radius 2 is 1.69 bits per heavy atom. The Labute approximate surface area is 170 Å². The Morgan fingerprint density at radius 1 is 1.03 bits per heavy atom. The summed E-state index contributed by atoms with van der Waals surface area (Å²) < 4.78 is 36.9. The van der Waals surface area contributed by atoms with E-state index in [0.29, 0.717) is 31.9 Å². The number of carbonyl (C=O) groups is 2. The first-order valence-corrected chi connectivity index (χ1v) is 10.7. The Kier molecular flexibility index (Phi) is 6.46. The standard InChI is InChI=1S/C21H23NO6S/c1-15-4-3-5-19(16(15)2)21(24)28-14-20(23)17-6-8-18(9-7-17)29(25,26)22-10-12-27-13-11-22/h3-9H,10-14H2,1-2H3. The maximum Gasteiger partial charge on any atom is 0.338 e. The Hall–Kier alpha value is -2.55. The van der Waals surface area contributed by atoms with Crippen molar-refractivity contribution < 1.29 is 27.5 Å². The molecule has 0 atom stereocenters. The fourth-order valence-corrected chi connectivity index (χ4v) is 4.42. The van der Waals surface area contributed by atoms with Gasteiger partial charge in [0.2, 0.25) is 10.0 Å². The summed E-state index contributed by atoms with van der Waals surface area (Å²) in [6, 6.07) is 11.0. The number of sulfonamides is 1. The molecule has 3 rings (SSSR count). The predicted octanol–water partition coefficient (Wildman–Crippen LogP) is 2.36. The highest BCUT2D eigenvalue weighted by molar-refractivity contribution is 7.89. The lowest BCUT2D eigenvalue weighted by Gasteiger charge is -2.26. The average molecular weight is 417 g/mol. The Balaban J connectivity index is 1.64. The molecule has 0 aromatic heterocycles. The lowest BCUT2D eigenvalue weighted by atomic mass is 10.0. The van der Waals surface area contributed by atoms with Crippen LogP contribution in [0.4, 0.5) is 0 Å². The Bertz CT molecular complexity index is 1010. The van der Waals surface area contributed by atoms with E-state index in [9.17, 15) is 18.0 Å². The van der Waals surface area contributed by atoms with Crippen molar-refractivity contribution in [2.24, 2.45) is 0 Å². The summed E-state index contributed by atoms with van der Waals surface area (Å²) in [6.07, 6.45) is 0. The minimum absolute atomic E-state index is 0.114. The van der Waals surface area contributed by atoms with Crippen LogP contribution in [0, 0.1) is 13.8 Å². The zero-order valence-electron chi connectivity index (χ0n) is 16.4. The number of benzene rings is 2. The van der Waals surface area contributed by atoms with Crippen molar-refractivity contribution in [2.45, 2.75) is 18.7 Å². The predicted molar refractivity (Wildman–Crippen MR) is 107 cm³/mol.